The van der Waals surface area contributed by atoms with Gasteiger partial charge in [-0.25, -0.2) is 0 Å². The van der Waals surface area contributed by atoms with Crippen LogP contribution in [-0.2, 0) is 6.51 Å². The number of alkyl halides is 2. The predicted molar refractivity (Wildman–Crippen MR) is 75.4 cm³/mol. The van der Waals surface area contributed by atoms with Crippen LogP contribution in [0.1, 0.15) is 6.92 Å². The van der Waals surface area contributed by atoms with Gasteiger partial charge in [-0.2, -0.15) is 0 Å². The van der Waals surface area contributed by atoms with E-state index in [9.17, 15) is 0 Å². The second-order valence-electron chi connectivity index (χ2n) is 11.4. The Hall–Kier alpha value is 1.44. The van der Waals surface area contributed by atoms with E-state index in [1.165, 1.54) is 33.7 Å². The topological polar surface area (TPSA) is 3.24 Å². The average Bonchev–Trinajstić information content (AvgIpc) is 3.25. The molecule has 1 nitrogen and oxygen atoms in total. The second-order valence-corrected chi connectivity index (χ2v) is 38.2. The molecule has 0 aliphatic carbocycles. The average molecular weight is 415 g/mol. The van der Waals surface area contributed by atoms with Crippen LogP contribution in [0.2, 0.25) is 38.0 Å². The van der Waals surface area contributed by atoms with Crippen molar-refractivity contribution in [3.05, 3.63) is 0 Å². The fraction of sp³-hybridized carbons (Fsp3) is 1.00. The van der Waals surface area contributed by atoms with E-state index >= 15 is 0 Å². The third kappa shape index (κ3) is 0.0745. The normalized spacial score (nSPS) is 124. The molecule has 0 amide bonds. The number of rotatable bonds is 2. The maximum absolute atomic E-state index is 4.54. The summed E-state index contributed by atoms with van der Waals surface area (Å²) in [6.45, 7) is -0.645. The minimum atomic E-state index is -3.23. The summed E-state index contributed by atoms with van der Waals surface area (Å²) in [5.74, 6) is 0. The number of hydrogen-bond donors (Lipinski definition) is 0. The SMILES string of the molecule is C[C@@H](N(C)C)[C@@]12[CH]3[CH]4[CH]5[C]1(Br)[Fe]45321678[CH]2[CH]1[CH]6[C]7(Br)[CH]28. The summed E-state index contributed by atoms with van der Waals surface area (Å²) in [5, 5.41) is 0. The van der Waals surface area contributed by atoms with Crippen LogP contribution in [0.4, 0.5) is 0 Å². The minimum absolute atomic E-state index is 0.779. The van der Waals surface area contributed by atoms with Crippen molar-refractivity contribution in [2.45, 2.75) is 57.4 Å². The molecule has 10 saturated heterocycles. The Morgan fingerprint density at radius 3 is 1.78 bits per heavy atom. The molecule has 10 heterocycles. The van der Waals surface area contributed by atoms with Crippen LogP contribution in [-0.4, -0.2) is 31.5 Å². The number of hydrogen-bond acceptors (Lipinski definition) is 1. The van der Waals surface area contributed by atoms with Gasteiger partial charge in [0.05, 0.1) is 0 Å². The van der Waals surface area contributed by atoms with E-state index in [2.05, 4.69) is 57.8 Å². The quantitative estimate of drug-likeness (QED) is 0.481. The first kappa shape index (κ1) is 8.17. The molecule has 4 heteroatoms. The molecule has 0 N–H and O–H groups in total. The molecule has 0 bridgehead atoms. The molecule has 0 aromatic rings. The van der Waals surface area contributed by atoms with Crippen LogP contribution in [0.15, 0.2) is 0 Å². The molecule has 0 aromatic heterocycles. The molecule has 0 aromatic carbocycles. The molecule has 100 valence electrons. The Balaban J connectivity index is 1.66. The van der Waals surface area contributed by atoms with Gasteiger partial charge < -0.3 is 0 Å². The molecule has 18 heavy (non-hydrogen) atoms. The van der Waals surface area contributed by atoms with Crippen molar-refractivity contribution in [3.63, 3.8) is 0 Å². The van der Waals surface area contributed by atoms with E-state index < -0.39 is 6.51 Å². The Bertz CT molecular complexity index is 1090. The van der Waals surface area contributed by atoms with E-state index in [0.717, 1.165) is 16.8 Å². The predicted octanol–water partition coefficient (Wildman–Crippen LogP) is 4.30. The molecule has 10 rings (SSSR count). The van der Waals surface area contributed by atoms with Gasteiger partial charge in [0.2, 0.25) is 0 Å². The van der Waals surface area contributed by atoms with Crippen LogP contribution in [0.5, 0.6) is 0 Å². The fourth-order valence-corrected chi connectivity index (χ4v) is 121. The van der Waals surface area contributed by atoms with Gasteiger partial charge in [0.1, 0.15) is 0 Å². The van der Waals surface area contributed by atoms with E-state index in [4.69, 9.17) is 0 Å². The van der Waals surface area contributed by atoms with Crippen molar-refractivity contribution in [1.82, 2.24) is 4.90 Å². The van der Waals surface area contributed by atoms with Gasteiger partial charge in [-0.3, -0.25) is 0 Å². The maximum atomic E-state index is 4.54. The first-order valence-electron chi connectivity index (χ1n) is 7.43. The van der Waals surface area contributed by atoms with Gasteiger partial charge in [-0.1, -0.05) is 0 Å². The zero-order chi connectivity index (χ0) is 12.0. The molecule has 10 aliphatic rings. The zero-order valence-corrected chi connectivity index (χ0v) is 15.0. The molecule has 1 spiro atoms. The van der Waals surface area contributed by atoms with Gasteiger partial charge in [0.25, 0.3) is 0 Å². The summed E-state index contributed by atoms with van der Waals surface area (Å²) in [4.78, 5) is 11.8. The van der Waals surface area contributed by atoms with Gasteiger partial charge in [0, 0.05) is 0 Å². The zero-order valence-electron chi connectivity index (χ0n) is 10.7. The van der Waals surface area contributed by atoms with Crippen molar-refractivity contribution in [1.29, 1.82) is 0 Å². The van der Waals surface area contributed by atoms with Crippen LogP contribution in [0.3, 0.4) is 0 Å². The van der Waals surface area contributed by atoms with E-state index in [0.29, 0.717) is 0 Å². The van der Waals surface area contributed by atoms with Crippen molar-refractivity contribution in [2.75, 3.05) is 14.1 Å². The molecule has 10 aliphatic heterocycles. The van der Waals surface area contributed by atoms with Gasteiger partial charge in [-0.15, -0.1) is 0 Å². The summed E-state index contributed by atoms with van der Waals surface area (Å²) in [7, 11) is 4.68. The first-order valence-corrected chi connectivity index (χ1v) is 15.1. The van der Waals surface area contributed by atoms with Crippen LogP contribution in [0, 0.1) is 0 Å². The van der Waals surface area contributed by atoms with E-state index in [-0.39, 0.29) is 0 Å². The van der Waals surface area contributed by atoms with Crippen LogP contribution in [0.25, 0.3) is 0 Å². The molecular weight excluding hydrogens is 398 g/mol. The monoisotopic (exact) mass is 413 g/mol. The number of nitrogens with zero attached hydrogens (tertiary/aromatic N) is 1. The summed E-state index contributed by atoms with van der Waals surface area (Å²) < 4.78 is 2.47. The Morgan fingerprint density at radius 1 is 1.00 bits per heavy atom. The summed E-state index contributed by atoms with van der Waals surface area (Å²) in [5.41, 5.74) is 0. The number of halogens is 2. The number of fused-ring (bicyclic) bond motifs is 10. The Morgan fingerprint density at radius 2 is 1.61 bits per heavy atom. The van der Waals surface area contributed by atoms with E-state index in [1.807, 2.05) is 0 Å². The second kappa shape index (κ2) is 0.671. The van der Waals surface area contributed by atoms with Crippen LogP contribution < -0.4 is 0 Å². The summed E-state index contributed by atoms with van der Waals surface area (Å²) >= 11 is 9.01. The van der Waals surface area contributed by atoms with Gasteiger partial charge in [-0.05, 0) is 0 Å². The molecule has 0 radical (unpaired) electrons. The summed E-state index contributed by atoms with van der Waals surface area (Å²) in [6, 6.07) is 0.857. The first-order chi connectivity index (χ1) is 8.18. The molecule has 8 unspecified atom stereocenters. The van der Waals surface area contributed by atoms with Crippen molar-refractivity contribution in [2.24, 2.45) is 0 Å². The molecule has 10 fully saturated rings. The molecular formula is C14H17Br2FeN. The Kier molecular flexibility index (Phi) is 0.305. The molecule has 0 saturated carbocycles. The van der Waals surface area contributed by atoms with Crippen molar-refractivity contribution in [3.8, 4) is 0 Å². The van der Waals surface area contributed by atoms with E-state index in [1.54, 1.807) is 0 Å². The van der Waals surface area contributed by atoms with Gasteiger partial charge >= 0.3 is 115 Å². The summed E-state index contributed by atoms with van der Waals surface area (Å²) in [6.07, 6.45) is 0. The van der Waals surface area contributed by atoms with Gasteiger partial charge in [0.15, 0.2) is 0 Å². The molecule has 10 atom stereocenters. The third-order valence-electron chi connectivity index (χ3n) is 16.1. The van der Waals surface area contributed by atoms with Crippen molar-refractivity contribution < 1.29 is 6.51 Å². The van der Waals surface area contributed by atoms with Crippen molar-refractivity contribution >= 4 is 31.9 Å². The fourth-order valence-electron chi connectivity index (χ4n) is 18.0. The van der Waals surface area contributed by atoms with Crippen LogP contribution >= 0.6 is 31.9 Å². The standard InChI is InChI=1S/C9H13BrN.C5H4Br.Fe/c1-7(11(2)3)8-5-4-6-9(8)10;6-5-3-1-2-4-5;/h4-7H,1-3H3;1-4H;/t7-;;/m1../s1. The third-order valence-corrected chi connectivity index (χ3v) is 73.8. The Labute approximate surface area is 114 Å².